The highest BCUT2D eigenvalue weighted by atomic mass is 19.1. The number of Topliss-reactive ketones (excluding diaryl/α,β-unsaturated/α-hetero) is 1. The Labute approximate surface area is 154 Å². The average molecular weight is 377 g/mol. The molecule has 142 valence electrons. The summed E-state index contributed by atoms with van der Waals surface area (Å²) in [5, 5.41) is 0. The van der Waals surface area contributed by atoms with E-state index in [0.717, 1.165) is 24.3 Å². The molecule has 0 saturated carbocycles. The summed E-state index contributed by atoms with van der Waals surface area (Å²) in [5.41, 5.74) is -0.349. The summed E-state index contributed by atoms with van der Waals surface area (Å²) in [6.07, 6.45) is 0.608. The highest BCUT2D eigenvalue weighted by Crippen LogP contribution is 2.25. The standard InChI is InChI=1S/C20H18F3NO3/c1-27-14-3-4-15(18(23)11-14)20(26)24-8-6-12(7-9-24)19(25)16-10-13(21)2-5-17(16)22/h2-5,10-12H,6-9H2,1H3. The third kappa shape index (κ3) is 3.97. The number of rotatable bonds is 4. The summed E-state index contributed by atoms with van der Waals surface area (Å²) in [7, 11) is 1.40. The van der Waals surface area contributed by atoms with Crippen molar-refractivity contribution in [2.75, 3.05) is 20.2 Å². The van der Waals surface area contributed by atoms with Crippen molar-refractivity contribution in [3.63, 3.8) is 0 Å². The van der Waals surface area contributed by atoms with E-state index in [-0.39, 0.29) is 24.2 Å². The second-order valence-electron chi connectivity index (χ2n) is 6.40. The highest BCUT2D eigenvalue weighted by Gasteiger charge is 2.30. The van der Waals surface area contributed by atoms with Crippen molar-refractivity contribution >= 4 is 11.7 Å². The molecule has 2 aromatic rings. The number of nitrogens with zero attached hydrogens (tertiary/aromatic N) is 1. The van der Waals surface area contributed by atoms with Crippen LogP contribution < -0.4 is 4.74 Å². The molecule has 0 N–H and O–H groups in total. The molecule has 3 rings (SSSR count). The normalized spacial score (nSPS) is 14.9. The van der Waals surface area contributed by atoms with Gasteiger partial charge >= 0.3 is 0 Å². The van der Waals surface area contributed by atoms with Crippen LogP contribution in [0.1, 0.15) is 33.6 Å². The Hall–Kier alpha value is -2.83. The highest BCUT2D eigenvalue weighted by molar-refractivity contribution is 5.98. The van der Waals surface area contributed by atoms with Crippen LogP contribution in [0.25, 0.3) is 0 Å². The molecule has 0 radical (unpaired) electrons. The molecule has 27 heavy (non-hydrogen) atoms. The molecule has 0 unspecified atom stereocenters. The van der Waals surface area contributed by atoms with E-state index in [9.17, 15) is 22.8 Å². The Bertz CT molecular complexity index is 877. The monoisotopic (exact) mass is 377 g/mol. The van der Waals surface area contributed by atoms with Gasteiger partial charge in [0.15, 0.2) is 5.78 Å². The average Bonchev–Trinajstić information content (AvgIpc) is 2.68. The molecule has 1 aliphatic rings. The summed E-state index contributed by atoms with van der Waals surface area (Å²) in [4.78, 5) is 26.4. The number of piperidine rings is 1. The number of carbonyl (C=O) groups is 2. The lowest BCUT2D eigenvalue weighted by molar-refractivity contribution is 0.0645. The first-order chi connectivity index (χ1) is 12.9. The summed E-state index contributed by atoms with van der Waals surface area (Å²) in [5.74, 6) is -3.27. The van der Waals surface area contributed by atoms with Gasteiger partial charge in [-0.15, -0.1) is 0 Å². The van der Waals surface area contributed by atoms with Crippen molar-refractivity contribution in [1.82, 2.24) is 4.90 Å². The number of amides is 1. The summed E-state index contributed by atoms with van der Waals surface area (Å²) < 4.78 is 46.1. The van der Waals surface area contributed by atoms with Crippen molar-refractivity contribution in [3.05, 3.63) is 65.0 Å². The fraction of sp³-hybridized carbons (Fsp3) is 0.300. The Kier molecular flexibility index (Phi) is 5.48. The fourth-order valence-corrected chi connectivity index (χ4v) is 3.22. The number of hydrogen-bond donors (Lipinski definition) is 0. The number of methoxy groups -OCH3 is 1. The molecule has 4 nitrogen and oxygen atoms in total. The molecule has 1 amide bonds. The van der Waals surface area contributed by atoms with Crippen molar-refractivity contribution < 1.29 is 27.5 Å². The van der Waals surface area contributed by atoms with Crippen molar-refractivity contribution in [1.29, 1.82) is 0 Å². The Balaban J connectivity index is 1.67. The van der Waals surface area contributed by atoms with Gasteiger partial charge in [0.25, 0.3) is 5.91 Å². The van der Waals surface area contributed by atoms with Crippen LogP contribution >= 0.6 is 0 Å². The molecule has 0 atom stereocenters. The van der Waals surface area contributed by atoms with Crippen LogP contribution in [-0.2, 0) is 0 Å². The van der Waals surface area contributed by atoms with Crippen LogP contribution in [0.2, 0.25) is 0 Å². The van der Waals surface area contributed by atoms with Gasteiger partial charge in [0, 0.05) is 25.1 Å². The summed E-state index contributed by atoms with van der Waals surface area (Å²) >= 11 is 0. The largest absolute Gasteiger partial charge is 0.497 e. The Morgan fingerprint density at radius 3 is 2.30 bits per heavy atom. The van der Waals surface area contributed by atoms with Gasteiger partial charge in [-0.2, -0.15) is 0 Å². The molecule has 1 aliphatic heterocycles. The van der Waals surface area contributed by atoms with Gasteiger partial charge in [-0.3, -0.25) is 9.59 Å². The van der Waals surface area contributed by atoms with Gasteiger partial charge in [0.1, 0.15) is 23.2 Å². The second-order valence-corrected chi connectivity index (χ2v) is 6.40. The SMILES string of the molecule is COc1ccc(C(=O)N2CCC(C(=O)c3cc(F)ccc3F)CC2)c(F)c1. The Morgan fingerprint density at radius 1 is 0.963 bits per heavy atom. The third-order valence-electron chi connectivity index (χ3n) is 4.75. The lowest BCUT2D eigenvalue weighted by Crippen LogP contribution is -2.40. The van der Waals surface area contributed by atoms with Gasteiger partial charge < -0.3 is 9.64 Å². The van der Waals surface area contributed by atoms with Crippen LogP contribution in [0.4, 0.5) is 13.2 Å². The van der Waals surface area contributed by atoms with Gasteiger partial charge in [0.2, 0.25) is 0 Å². The van der Waals surface area contributed by atoms with Crippen LogP contribution in [-0.4, -0.2) is 36.8 Å². The quantitative estimate of drug-likeness (QED) is 0.761. The molecule has 1 saturated heterocycles. The number of hydrogen-bond acceptors (Lipinski definition) is 3. The van der Waals surface area contributed by atoms with Crippen LogP contribution in [0.15, 0.2) is 36.4 Å². The van der Waals surface area contributed by atoms with Crippen molar-refractivity contribution in [2.45, 2.75) is 12.8 Å². The number of halogens is 3. The zero-order valence-corrected chi connectivity index (χ0v) is 14.7. The van der Waals surface area contributed by atoms with E-state index in [1.807, 2.05) is 0 Å². The van der Waals surface area contributed by atoms with E-state index < -0.39 is 35.1 Å². The van der Waals surface area contributed by atoms with Crippen LogP contribution in [0.3, 0.4) is 0 Å². The van der Waals surface area contributed by atoms with E-state index in [4.69, 9.17) is 4.74 Å². The molecule has 1 heterocycles. The smallest absolute Gasteiger partial charge is 0.256 e. The molecule has 1 fully saturated rings. The summed E-state index contributed by atoms with van der Waals surface area (Å²) in [6.45, 7) is 0.468. The maximum Gasteiger partial charge on any atom is 0.256 e. The number of ketones is 1. The molecule has 0 bridgehead atoms. The number of likely N-dealkylation sites (tertiary alicyclic amines) is 1. The predicted molar refractivity (Wildman–Crippen MR) is 92.3 cm³/mol. The molecular weight excluding hydrogens is 359 g/mol. The molecule has 7 heteroatoms. The first kappa shape index (κ1) is 18.9. The number of benzene rings is 2. The van der Waals surface area contributed by atoms with Gasteiger partial charge in [-0.25, -0.2) is 13.2 Å². The minimum Gasteiger partial charge on any atom is -0.497 e. The first-order valence-corrected chi connectivity index (χ1v) is 8.52. The van der Waals surface area contributed by atoms with Gasteiger partial charge in [0.05, 0.1) is 18.2 Å². The fourth-order valence-electron chi connectivity index (χ4n) is 3.22. The maximum absolute atomic E-state index is 14.1. The molecule has 0 spiro atoms. The molecule has 0 aromatic heterocycles. The molecule has 0 aliphatic carbocycles. The van der Waals surface area contributed by atoms with E-state index >= 15 is 0 Å². The first-order valence-electron chi connectivity index (χ1n) is 8.52. The lowest BCUT2D eigenvalue weighted by Gasteiger charge is -2.31. The maximum atomic E-state index is 14.1. The van der Waals surface area contributed by atoms with E-state index in [2.05, 4.69) is 0 Å². The minimum atomic E-state index is -0.764. The zero-order chi connectivity index (χ0) is 19.6. The third-order valence-corrected chi connectivity index (χ3v) is 4.75. The summed E-state index contributed by atoms with van der Waals surface area (Å²) in [6, 6.07) is 6.76. The van der Waals surface area contributed by atoms with Crippen molar-refractivity contribution in [3.8, 4) is 5.75 Å². The predicted octanol–water partition coefficient (Wildman–Crippen LogP) is 3.85. The van der Waals surface area contributed by atoms with E-state index in [1.54, 1.807) is 0 Å². The number of ether oxygens (including phenoxy) is 1. The van der Waals surface area contributed by atoms with Crippen molar-refractivity contribution in [2.24, 2.45) is 5.92 Å². The number of carbonyl (C=O) groups excluding carboxylic acids is 2. The molecule has 2 aromatic carbocycles. The lowest BCUT2D eigenvalue weighted by atomic mass is 9.88. The molecular formula is C20H18F3NO3. The minimum absolute atomic E-state index is 0.0725. The van der Waals surface area contributed by atoms with E-state index in [1.165, 1.54) is 24.1 Å². The van der Waals surface area contributed by atoms with E-state index in [0.29, 0.717) is 18.6 Å². The van der Waals surface area contributed by atoms with Gasteiger partial charge in [-0.1, -0.05) is 0 Å². The Morgan fingerprint density at radius 2 is 1.67 bits per heavy atom. The van der Waals surface area contributed by atoms with Crippen LogP contribution in [0, 0.1) is 23.4 Å². The zero-order valence-electron chi connectivity index (χ0n) is 14.7. The topological polar surface area (TPSA) is 46.6 Å². The van der Waals surface area contributed by atoms with Gasteiger partial charge in [-0.05, 0) is 43.2 Å². The van der Waals surface area contributed by atoms with Crippen LogP contribution in [0.5, 0.6) is 5.75 Å². The second kappa shape index (κ2) is 7.82.